The number of rotatable bonds is 6. The number of carboxylic acid groups (broad SMARTS) is 1. The van der Waals surface area contributed by atoms with Gasteiger partial charge in [-0.2, -0.15) is 0 Å². The molecule has 0 radical (unpaired) electrons. The van der Waals surface area contributed by atoms with Gasteiger partial charge in [0.15, 0.2) is 0 Å². The van der Waals surface area contributed by atoms with Crippen molar-refractivity contribution in [2.24, 2.45) is 5.92 Å². The minimum absolute atomic E-state index is 0.0857. The Kier molecular flexibility index (Phi) is 7.04. The summed E-state index contributed by atoms with van der Waals surface area (Å²) in [4.78, 5) is 33.4. The highest BCUT2D eigenvalue weighted by molar-refractivity contribution is 5.95. The average Bonchev–Trinajstić information content (AvgIpc) is 2.43. The molecule has 1 atom stereocenters. The first-order valence-electron chi connectivity index (χ1n) is 7.35. The third-order valence-corrected chi connectivity index (χ3v) is 3.79. The molecule has 0 heterocycles. The molecule has 0 aromatic heterocycles. The zero-order valence-corrected chi connectivity index (χ0v) is 12.0. The molecule has 1 rings (SSSR count). The van der Waals surface area contributed by atoms with Crippen molar-refractivity contribution in [1.29, 1.82) is 0 Å². The third-order valence-electron chi connectivity index (χ3n) is 3.79. The van der Waals surface area contributed by atoms with Crippen molar-refractivity contribution < 1.29 is 19.5 Å². The lowest BCUT2D eigenvalue weighted by atomic mass is 9.83. The first-order valence-corrected chi connectivity index (χ1v) is 7.35. The van der Waals surface area contributed by atoms with Gasteiger partial charge in [0.05, 0.1) is 6.42 Å². The molecule has 0 bridgehead atoms. The van der Waals surface area contributed by atoms with Gasteiger partial charge in [0, 0.05) is 12.5 Å². The van der Waals surface area contributed by atoms with E-state index in [4.69, 9.17) is 5.11 Å². The van der Waals surface area contributed by atoms with Gasteiger partial charge in [-0.3, -0.25) is 14.9 Å². The summed E-state index contributed by atoms with van der Waals surface area (Å²) in [6.45, 7) is 2.02. The van der Waals surface area contributed by atoms with Gasteiger partial charge in [0.2, 0.25) is 5.91 Å². The van der Waals surface area contributed by atoms with E-state index >= 15 is 0 Å². The lowest BCUT2D eigenvalue weighted by Crippen LogP contribution is -2.47. The lowest BCUT2D eigenvalue weighted by molar-refractivity contribution is -0.138. The molecule has 3 amide bonds. The Morgan fingerprint density at radius 2 is 1.80 bits per heavy atom. The normalized spacial score (nSPS) is 17.2. The molecule has 6 nitrogen and oxygen atoms in total. The van der Waals surface area contributed by atoms with E-state index in [1.54, 1.807) is 0 Å². The number of carbonyl (C=O) groups is 3. The molecule has 1 aliphatic rings. The molecule has 114 valence electrons. The largest absolute Gasteiger partial charge is 0.481 e. The Morgan fingerprint density at radius 3 is 2.35 bits per heavy atom. The zero-order chi connectivity index (χ0) is 15.0. The maximum Gasteiger partial charge on any atom is 0.321 e. The molecule has 20 heavy (non-hydrogen) atoms. The fourth-order valence-electron chi connectivity index (χ4n) is 2.70. The highest BCUT2D eigenvalue weighted by Crippen LogP contribution is 2.27. The van der Waals surface area contributed by atoms with Gasteiger partial charge in [0.25, 0.3) is 0 Å². The second kappa shape index (κ2) is 8.55. The van der Waals surface area contributed by atoms with Gasteiger partial charge in [-0.25, -0.2) is 4.79 Å². The Hall–Kier alpha value is -1.59. The standard InChI is InChI=1S/C14H24N2O4/c1-2-11(10-6-4-3-5-7-10)15-14(20)16-12(17)8-9-13(18)19/h10-11H,2-9H2,1H3,(H,18,19)(H2,15,16,17,20). The monoisotopic (exact) mass is 284 g/mol. The van der Waals surface area contributed by atoms with Crippen LogP contribution in [-0.4, -0.2) is 29.1 Å². The molecule has 0 aromatic carbocycles. The first kappa shape index (κ1) is 16.5. The van der Waals surface area contributed by atoms with Gasteiger partial charge in [-0.1, -0.05) is 26.2 Å². The number of amides is 3. The van der Waals surface area contributed by atoms with Crippen LogP contribution in [0.25, 0.3) is 0 Å². The molecule has 1 fully saturated rings. The van der Waals surface area contributed by atoms with Crippen LogP contribution in [0.2, 0.25) is 0 Å². The van der Waals surface area contributed by atoms with E-state index in [-0.39, 0.29) is 18.9 Å². The van der Waals surface area contributed by atoms with Crippen LogP contribution in [0.4, 0.5) is 4.79 Å². The molecule has 6 heteroatoms. The van der Waals surface area contributed by atoms with Crippen LogP contribution in [0, 0.1) is 5.92 Å². The average molecular weight is 284 g/mol. The quantitative estimate of drug-likeness (QED) is 0.695. The molecule has 0 spiro atoms. The topological polar surface area (TPSA) is 95.5 Å². The molecular weight excluding hydrogens is 260 g/mol. The Balaban J connectivity index is 2.34. The fraction of sp³-hybridized carbons (Fsp3) is 0.786. The van der Waals surface area contributed by atoms with Crippen LogP contribution in [0.1, 0.15) is 58.3 Å². The zero-order valence-electron chi connectivity index (χ0n) is 12.0. The summed E-state index contributed by atoms with van der Waals surface area (Å²) in [5.74, 6) is -1.12. The second-order valence-electron chi connectivity index (χ2n) is 5.33. The van der Waals surface area contributed by atoms with E-state index in [9.17, 15) is 14.4 Å². The van der Waals surface area contributed by atoms with Crippen molar-refractivity contribution in [3.05, 3.63) is 0 Å². The summed E-state index contributed by atoms with van der Waals surface area (Å²) in [6, 6.07) is -0.430. The summed E-state index contributed by atoms with van der Waals surface area (Å²) >= 11 is 0. The van der Waals surface area contributed by atoms with Crippen molar-refractivity contribution in [2.75, 3.05) is 0 Å². The van der Waals surface area contributed by atoms with Crippen LogP contribution >= 0.6 is 0 Å². The summed E-state index contributed by atoms with van der Waals surface area (Å²) < 4.78 is 0. The van der Waals surface area contributed by atoms with Crippen molar-refractivity contribution in [1.82, 2.24) is 10.6 Å². The van der Waals surface area contributed by atoms with E-state index in [0.717, 1.165) is 19.3 Å². The van der Waals surface area contributed by atoms with Crippen molar-refractivity contribution in [2.45, 2.75) is 64.3 Å². The Bertz CT molecular complexity index is 351. The van der Waals surface area contributed by atoms with Gasteiger partial charge < -0.3 is 10.4 Å². The molecular formula is C14H24N2O4. The van der Waals surface area contributed by atoms with Gasteiger partial charge in [0.1, 0.15) is 0 Å². The number of hydrogen-bond donors (Lipinski definition) is 3. The van der Waals surface area contributed by atoms with Crippen LogP contribution in [-0.2, 0) is 9.59 Å². The van der Waals surface area contributed by atoms with Crippen molar-refractivity contribution in [3.8, 4) is 0 Å². The predicted octanol–water partition coefficient (Wildman–Crippen LogP) is 2.04. The van der Waals surface area contributed by atoms with Crippen molar-refractivity contribution >= 4 is 17.9 Å². The number of carboxylic acids is 1. The molecule has 0 aromatic rings. The van der Waals surface area contributed by atoms with Gasteiger partial charge in [-0.05, 0) is 25.2 Å². The lowest BCUT2D eigenvalue weighted by Gasteiger charge is -2.30. The summed E-state index contributed by atoms with van der Waals surface area (Å²) in [5, 5.41) is 13.5. The first-order chi connectivity index (χ1) is 9.52. The number of nitrogens with one attached hydrogen (secondary N) is 2. The molecule has 3 N–H and O–H groups in total. The molecule has 1 saturated carbocycles. The van der Waals surface area contributed by atoms with Gasteiger partial charge >= 0.3 is 12.0 Å². The number of carbonyl (C=O) groups excluding carboxylic acids is 2. The SMILES string of the molecule is CCC(NC(=O)NC(=O)CCC(=O)O)C1CCCCC1. The highest BCUT2D eigenvalue weighted by Gasteiger charge is 2.24. The van der Waals surface area contributed by atoms with E-state index in [1.165, 1.54) is 19.3 Å². The molecule has 0 aliphatic heterocycles. The minimum Gasteiger partial charge on any atom is -0.481 e. The summed E-state index contributed by atoms with van der Waals surface area (Å²) in [5.41, 5.74) is 0. The maximum absolute atomic E-state index is 11.7. The second-order valence-corrected chi connectivity index (χ2v) is 5.33. The molecule has 1 aliphatic carbocycles. The number of hydrogen-bond acceptors (Lipinski definition) is 3. The minimum atomic E-state index is -1.05. The Labute approximate surface area is 119 Å². The van der Waals surface area contributed by atoms with Crippen LogP contribution in [0.15, 0.2) is 0 Å². The van der Waals surface area contributed by atoms with E-state index in [2.05, 4.69) is 10.6 Å². The highest BCUT2D eigenvalue weighted by atomic mass is 16.4. The summed E-state index contributed by atoms with van der Waals surface area (Å²) in [7, 11) is 0. The third kappa shape index (κ3) is 6.04. The van der Waals surface area contributed by atoms with Gasteiger partial charge in [-0.15, -0.1) is 0 Å². The molecule has 0 saturated heterocycles. The number of urea groups is 1. The predicted molar refractivity (Wildman–Crippen MR) is 74.2 cm³/mol. The van der Waals surface area contributed by atoms with Crippen LogP contribution in [0.5, 0.6) is 0 Å². The van der Waals surface area contributed by atoms with E-state index in [0.29, 0.717) is 5.92 Å². The van der Waals surface area contributed by atoms with E-state index in [1.807, 2.05) is 6.92 Å². The smallest absolute Gasteiger partial charge is 0.321 e. The maximum atomic E-state index is 11.7. The Morgan fingerprint density at radius 1 is 1.15 bits per heavy atom. The fourth-order valence-corrected chi connectivity index (χ4v) is 2.70. The summed E-state index contributed by atoms with van der Waals surface area (Å²) in [6.07, 6.45) is 6.28. The van der Waals surface area contributed by atoms with Crippen molar-refractivity contribution in [3.63, 3.8) is 0 Å². The number of imide groups is 1. The van der Waals surface area contributed by atoms with Crippen LogP contribution < -0.4 is 10.6 Å². The molecule has 1 unspecified atom stereocenters. The number of aliphatic carboxylic acids is 1. The van der Waals surface area contributed by atoms with Crippen LogP contribution in [0.3, 0.4) is 0 Å². The van der Waals surface area contributed by atoms with E-state index < -0.39 is 17.9 Å².